The van der Waals surface area contributed by atoms with Crippen molar-refractivity contribution >= 4 is 40.5 Å². The molecular weight excluding hydrogens is 501 g/mol. The van der Waals surface area contributed by atoms with E-state index in [1.807, 2.05) is 30.3 Å². The molecule has 1 saturated heterocycles. The highest BCUT2D eigenvalue weighted by Crippen LogP contribution is 2.38. The summed E-state index contributed by atoms with van der Waals surface area (Å²) in [6.07, 6.45) is 0. The Balaban J connectivity index is 1.40. The number of carbonyl (C=O) groups is 1. The van der Waals surface area contributed by atoms with Gasteiger partial charge in [0.15, 0.2) is 11.5 Å². The first-order chi connectivity index (χ1) is 17.4. The zero-order valence-electron chi connectivity index (χ0n) is 20.5. The molecule has 0 bridgehead atoms. The SMILES string of the molecule is COc1cc(C(=O)Nc2ccc(N3CCN(Cc4ccccc4Cl)CC3)c(Cl)c2)cc(OC)c1OC. The Morgan fingerprint density at radius 1 is 0.861 bits per heavy atom. The van der Waals surface area contributed by atoms with Crippen molar-refractivity contribution in [3.63, 3.8) is 0 Å². The van der Waals surface area contributed by atoms with Crippen molar-refractivity contribution in [3.8, 4) is 17.2 Å². The van der Waals surface area contributed by atoms with E-state index in [0.717, 1.165) is 49.0 Å². The lowest BCUT2D eigenvalue weighted by Crippen LogP contribution is -2.46. The molecule has 4 rings (SSSR count). The number of benzene rings is 3. The van der Waals surface area contributed by atoms with E-state index in [1.165, 1.54) is 21.3 Å². The van der Waals surface area contributed by atoms with Crippen LogP contribution in [0.2, 0.25) is 10.0 Å². The molecule has 1 heterocycles. The van der Waals surface area contributed by atoms with Crippen molar-refractivity contribution in [1.82, 2.24) is 4.90 Å². The monoisotopic (exact) mass is 529 g/mol. The van der Waals surface area contributed by atoms with Crippen LogP contribution in [0.5, 0.6) is 17.2 Å². The number of methoxy groups -OCH3 is 3. The highest BCUT2D eigenvalue weighted by Gasteiger charge is 2.21. The van der Waals surface area contributed by atoms with Crippen LogP contribution < -0.4 is 24.4 Å². The number of rotatable bonds is 8. The van der Waals surface area contributed by atoms with Crippen molar-refractivity contribution in [2.24, 2.45) is 0 Å². The van der Waals surface area contributed by atoms with Gasteiger partial charge in [-0.25, -0.2) is 0 Å². The Morgan fingerprint density at radius 2 is 1.53 bits per heavy atom. The highest BCUT2D eigenvalue weighted by molar-refractivity contribution is 6.33. The zero-order chi connectivity index (χ0) is 25.7. The number of halogens is 2. The van der Waals surface area contributed by atoms with Gasteiger partial charge >= 0.3 is 0 Å². The third-order valence-corrected chi connectivity index (χ3v) is 6.87. The van der Waals surface area contributed by atoms with Gasteiger partial charge in [0.05, 0.1) is 32.0 Å². The number of hydrogen-bond donors (Lipinski definition) is 1. The number of carbonyl (C=O) groups excluding carboxylic acids is 1. The first kappa shape index (κ1) is 25.9. The van der Waals surface area contributed by atoms with Gasteiger partial charge in [-0.05, 0) is 42.0 Å². The van der Waals surface area contributed by atoms with E-state index in [0.29, 0.717) is 33.5 Å². The van der Waals surface area contributed by atoms with Crippen LogP contribution >= 0.6 is 23.2 Å². The molecular formula is C27H29Cl2N3O4. The summed E-state index contributed by atoms with van der Waals surface area (Å²) in [6, 6.07) is 16.7. The van der Waals surface area contributed by atoms with Crippen LogP contribution in [0.4, 0.5) is 11.4 Å². The minimum absolute atomic E-state index is 0.314. The average Bonchev–Trinajstić information content (AvgIpc) is 2.89. The van der Waals surface area contributed by atoms with Crippen LogP contribution in [0.3, 0.4) is 0 Å². The maximum absolute atomic E-state index is 12.9. The number of anilines is 2. The lowest BCUT2D eigenvalue weighted by atomic mass is 10.1. The number of nitrogens with zero attached hydrogens (tertiary/aromatic N) is 2. The van der Waals surface area contributed by atoms with Gasteiger partial charge in [-0.2, -0.15) is 0 Å². The van der Waals surface area contributed by atoms with Gasteiger partial charge in [-0.1, -0.05) is 41.4 Å². The molecule has 1 N–H and O–H groups in total. The Kier molecular flexibility index (Phi) is 8.46. The van der Waals surface area contributed by atoms with Gasteiger partial charge in [0.2, 0.25) is 5.75 Å². The molecule has 0 spiro atoms. The Labute approximate surface area is 221 Å². The highest BCUT2D eigenvalue weighted by atomic mass is 35.5. The van der Waals surface area contributed by atoms with Crippen molar-refractivity contribution in [1.29, 1.82) is 0 Å². The molecule has 0 aromatic heterocycles. The molecule has 36 heavy (non-hydrogen) atoms. The second-order valence-electron chi connectivity index (χ2n) is 8.39. The van der Waals surface area contributed by atoms with Crippen molar-refractivity contribution in [2.75, 3.05) is 57.7 Å². The molecule has 3 aromatic carbocycles. The maximum atomic E-state index is 12.9. The molecule has 1 amide bonds. The predicted octanol–water partition coefficient (Wildman–Crippen LogP) is 5.59. The van der Waals surface area contributed by atoms with Gasteiger partial charge in [-0.15, -0.1) is 0 Å². The molecule has 0 radical (unpaired) electrons. The molecule has 0 atom stereocenters. The molecule has 0 aliphatic carbocycles. The van der Waals surface area contributed by atoms with Crippen LogP contribution in [-0.4, -0.2) is 58.3 Å². The molecule has 1 fully saturated rings. The van der Waals surface area contributed by atoms with Gasteiger partial charge in [0, 0.05) is 49.0 Å². The fourth-order valence-corrected chi connectivity index (χ4v) is 4.77. The topological polar surface area (TPSA) is 63.3 Å². The number of hydrogen-bond acceptors (Lipinski definition) is 6. The summed E-state index contributed by atoms with van der Waals surface area (Å²) in [7, 11) is 4.53. The van der Waals surface area contributed by atoms with Gasteiger partial charge in [0.1, 0.15) is 0 Å². The van der Waals surface area contributed by atoms with Gasteiger partial charge < -0.3 is 24.4 Å². The van der Waals surface area contributed by atoms with Gasteiger partial charge in [-0.3, -0.25) is 9.69 Å². The largest absolute Gasteiger partial charge is 0.493 e. The van der Waals surface area contributed by atoms with E-state index >= 15 is 0 Å². The summed E-state index contributed by atoms with van der Waals surface area (Å²) in [6.45, 7) is 4.33. The number of nitrogens with one attached hydrogen (secondary N) is 1. The molecule has 1 aliphatic heterocycles. The summed E-state index contributed by atoms with van der Waals surface area (Å²) in [5, 5.41) is 4.27. The number of piperazine rings is 1. The first-order valence-electron chi connectivity index (χ1n) is 11.5. The van der Waals surface area contributed by atoms with E-state index in [9.17, 15) is 4.79 Å². The van der Waals surface area contributed by atoms with Crippen molar-refractivity contribution in [3.05, 3.63) is 75.8 Å². The van der Waals surface area contributed by atoms with Gasteiger partial charge in [0.25, 0.3) is 5.91 Å². The van der Waals surface area contributed by atoms with Crippen LogP contribution in [0, 0.1) is 0 Å². The summed E-state index contributed by atoms with van der Waals surface area (Å²) < 4.78 is 16.0. The molecule has 3 aromatic rings. The molecule has 0 unspecified atom stereocenters. The molecule has 7 nitrogen and oxygen atoms in total. The van der Waals surface area contributed by atoms with E-state index in [2.05, 4.69) is 21.2 Å². The summed E-state index contributed by atoms with van der Waals surface area (Å²) in [5.41, 5.74) is 3.05. The third kappa shape index (κ3) is 5.81. The normalized spacial score (nSPS) is 13.9. The molecule has 0 saturated carbocycles. The Hall–Kier alpha value is -3.13. The number of amides is 1. The Morgan fingerprint density at radius 3 is 2.11 bits per heavy atom. The van der Waals surface area contributed by atoms with E-state index in [1.54, 1.807) is 18.2 Å². The predicted molar refractivity (Wildman–Crippen MR) is 144 cm³/mol. The maximum Gasteiger partial charge on any atom is 0.255 e. The number of ether oxygens (including phenoxy) is 3. The zero-order valence-corrected chi connectivity index (χ0v) is 22.0. The van der Waals surface area contributed by atoms with E-state index in [4.69, 9.17) is 37.4 Å². The van der Waals surface area contributed by atoms with Crippen molar-refractivity contribution in [2.45, 2.75) is 6.54 Å². The molecule has 1 aliphatic rings. The second kappa shape index (κ2) is 11.7. The minimum atomic E-state index is -0.314. The first-order valence-corrected chi connectivity index (χ1v) is 12.3. The summed E-state index contributed by atoms with van der Waals surface area (Å²) >= 11 is 13.0. The second-order valence-corrected chi connectivity index (χ2v) is 9.20. The Bertz CT molecular complexity index is 1200. The van der Waals surface area contributed by atoms with Crippen LogP contribution in [0.1, 0.15) is 15.9 Å². The lowest BCUT2D eigenvalue weighted by Gasteiger charge is -2.36. The van der Waals surface area contributed by atoms with E-state index < -0.39 is 0 Å². The quantitative estimate of drug-likeness (QED) is 0.410. The molecule has 9 heteroatoms. The lowest BCUT2D eigenvalue weighted by molar-refractivity contribution is 0.102. The summed E-state index contributed by atoms with van der Waals surface area (Å²) in [4.78, 5) is 17.6. The van der Waals surface area contributed by atoms with Crippen LogP contribution in [0.25, 0.3) is 0 Å². The molecule has 190 valence electrons. The fourth-order valence-electron chi connectivity index (χ4n) is 4.27. The summed E-state index contributed by atoms with van der Waals surface area (Å²) in [5.74, 6) is 0.926. The standard InChI is InChI=1S/C27H29Cl2N3O4/c1-34-24-14-19(15-25(35-2)26(24)36-3)27(33)30-20-8-9-23(22(29)16-20)32-12-10-31(11-13-32)17-18-6-4-5-7-21(18)28/h4-9,14-16H,10-13,17H2,1-3H3,(H,30,33). The minimum Gasteiger partial charge on any atom is -0.493 e. The average molecular weight is 530 g/mol. The van der Waals surface area contributed by atoms with Crippen molar-refractivity contribution < 1.29 is 19.0 Å². The smallest absolute Gasteiger partial charge is 0.255 e. The fraction of sp³-hybridized carbons (Fsp3) is 0.296. The van der Waals surface area contributed by atoms with Crippen LogP contribution in [-0.2, 0) is 6.54 Å². The third-order valence-electron chi connectivity index (χ3n) is 6.20. The van der Waals surface area contributed by atoms with Crippen LogP contribution in [0.15, 0.2) is 54.6 Å². The van der Waals surface area contributed by atoms with E-state index in [-0.39, 0.29) is 5.91 Å².